The van der Waals surface area contributed by atoms with Crippen molar-refractivity contribution in [3.05, 3.63) is 53.9 Å². The van der Waals surface area contributed by atoms with Gasteiger partial charge in [0.2, 0.25) is 17.7 Å². The van der Waals surface area contributed by atoms with E-state index in [0.29, 0.717) is 57.4 Å². The van der Waals surface area contributed by atoms with Crippen LogP contribution in [0.5, 0.6) is 0 Å². The van der Waals surface area contributed by atoms with Gasteiger partial charge in [0.1, 0.15) is 6.04 Å². The van der Waals surface area contributed by atoms with Crippen molar-refractivity contribution in [2.24, 2.45) is 40.2 Å². The van der Waals surface area contributed by atoms with E-state index in [1.807, 2.05) is 35.2 Å². The van der Waals surface area contributed by atoms with Crippen molar-refractivity contribution in [1.29, 1.82) is 0 Å². The summed E-state index contributed by atoms with van der Waals surface area (Å²) in [5, 5.41) is 7.69. The van der Waals surface area contributed by atoms with Crippen molar-refractivity contribution in [3.8, 4) is 0 Å². The second-order valence-corrected chi connectivity index (χ2v) is 17.0. The first-order valence-electron chi connectivity index (χ1n) is 19.1. The monoisotopic (exact) mass is 699 g/mol. The highest BCUT2D eigenvalue weighted by Gasteiger charge is 2.70. The molecule has 9 rings (SSSR count). The summed E-state index contributed by atoms with van der Waals surface area (Å²) in [7, 11) is 0. The van der Waals surface area contributed by atoms with Crippen LogP contribution < -0.4 is 11.1 Å². The molecule has 51 heavy (non-hydrogen) atoms. The summed E-state index contributed by atoms with van der Waals surface area (Å²) in [5.41, 5.74) is 6.90. The van der Waals surface area contributed by atoms with Crippen LogP contribution in [0.3, 0.4) is 0 Å². The van der Waals surface area contributed by atoms with Crippen molar-refractivity contribution in [2.75, 3.05) is 45.9 Å². The molecule has 2 aliphatic carbocycles. The molecule has 0 radical (unpaired) electrons. The second-order valence-electron chi connectivity index (χ2n) is 17.0. The third-order valence-electron chi connectivity index (χ3n) is 13.1. The number of likely N-dealkylation sites (tertiary alicyclic amines) is 2. The Bertz CT molecular complexity index is 1650. The van der Waals surface area contributed by atoms with Gasteiger partial charge in [-0.3, -0.25) is 23.9 Å². The lowest BCUT2D eigenvalue weighted by molar-refractivity contribution is -0.152. The Morgan fingerprint density at radius 1 is 0.980 bits per heavy atom. The van der Waals surface area contributed by atoms with Gasteiger partial charge >= 0.3 is 0 Å². The van der Waals surface area contributed by atoms with E-state index in [1.165, 1.54) is 19.3 Å². The molecule has 2 saturated carbocycles. The van der Waals surface area contributed by atoms with E-state index < -0.39 is 28.9 Å². The van der Waals surface area contributed by atoms with Gasteiger partial charge in [-0.2, -0.15) is 5.10 Å². The molecular weight excluding hydrogens is 646 g/mol. The van der Waals surface area contributed by atoms with Gasteiger partial charge in [-0.05, 0) is 42.6 Å². The highest BCUT2D eigenvalue weighted by molar-refractivity contribution is 5.96. The second kappa shape index (κ2) is 13.3. The van der Waals surface area contributed by atoms with Crippen LogP contribution in [0.1, 0.15) is 74.7 Å². The van der Waals surface area contributed by atoms with Gasteiger partial charge in [0, 0.05) is 75.4 Å². The fourth-order valence-electron chi connectivity index (χ4n) is 10.1. The zero-order chi connectivity index (χ0) is 35.5. The zero-order valence-corrected chi connectivity index (χ0v) is 30.0. The van der Waals surface area contributed by atoms with Crippen molar-refractivity contribution in [2.45, 2.75) is 83.5 Å². The van der Waals surface area contributed by atoms with E-state index in [4.69, 9.17) is 10.5 Å². The van der Waals surface area contributed by atoms with Gasteiger partial charge in [0.05, 0.1) is 30.3 Å². The van der Waals surface area contributed by atoms with Crippen LogP contribution in [0.2, 0.25) is 0 Å². The van der Waals surface area contributed by atoms with Crippen LogP contribution in [-0.4, -0.2) is 112 Å². The minimum Gasteiger partial charge on any atom is -0.375 e. The molecule has 7 fully saturated rings. The lowest BCUT2D eigenvalue weighted by Crippen LogP contribution is -2.65. The van der Waals surface area contributed by atoms with Crippen LogP contribution >= 0.6 is 0 Å². The molecule has 1 unspecified atom stereocenters. The zero-order valence-electron chi connectivity index (χ0n) is 30.0. The van der Waals surface area contributed by atoms with E-state index in [9.17, 15) is 19.2 Å². The number of nitrogens with one attached hydrogen (secondary N) is 1. The standard InChI is InChI=1S/C39H53N7O5/c1-38(2)30-31(38)36(49)45-23-39(24-45)22-44(35(48)27-16-41-46(18-27)17-25-10-5-3-6-11-25)20-29(39)34(47)42-32(37(50)43-15-9-14-28(40)19-43)33(30)51-21-26-12-7-4-8-13-26/h3,5-6,10-11,16,18,26,28-33H,4,7-9,12-15,17,19-24,40H2,1-2H3,(H,42,47)/t28-,29+,30?,31-,32+,33-/m1/s1. The number of hydrogen-bond donors (Lipinski definition) is 2. The summed E-state index contributed by atoms with van der Waals surface area (Å²) in [4.78, 5) is 62.8. The number of nitrogens with zero attached hydrogens (tertiary/aromatic N) is 5. The maximum Gasteiger partial charge on any atom is 0.257 e. The number of carbonyl (C=O) groups is 4. The first-order chi connectivity index (χ1) is 24.5. The number of rotatable bonds is 7. The SMILES string of the molecule is CC1(C)C2[C@@H](OCC3CCCCC3)[C@@H](C(=O)N3CCC[C@@H](N)C3)NC(=O)[C@@H]3CN(C(=O)c4cnn(Cc5ccccc5)c4)CC34CN(C4)C(=O)[C@@H]21. The number of benzene rings is 1. The lowest BCUT2D eigenvalue weighted by Gasteiger charge is -2.50. The molecule has 2 aromatic rings. The number of hydrogen-bond acceptors (Lipinski definition) is 7. The molecule has 5 saturated heterocycles. The van der Waals surface area contributed by atoms with Gasteiger partial charge in [-0.25, -0.2) is 0 Å². The third-order valence-corrected chi connectivity index (χ3v) is 13.1. The fourth-order valence-corrected chi connectivity index (χ4v) is 10.1. The summed E-state index contributed by atoms with van der Waals surface area (Å²) in [6.45, 7) is 7.62. The quantitative estimate of drug-likeness (QED) is 0.452. The summed E-state index contributed by atoms with van der Waals surface area (Å²) in [6, 6.07) is 8.87. The predicted octanol–water partition coefficient (Wildman–Crippen LogP) is 2.52. The average Bonchev–Trinajstić information content (AvgIpc) is 3.43. The van der Waals surface area contributed by atoms with Gasteiger partial charge in [-0.1, -0.05) is 63.4 Å². The summed E-state index contributed by atoms with van der Waals surface area (Å²) in [5.74, 6) is -1.26. The largest absolute Gasteiger partial charge is 0.375 e. The van der Waals surface area contributed by atoms with Crippen molar-refractivity contribution in [3.63, 3.8) is 0 Å². The predicted molar refractivity (Wildman–Crippen MR) is 189 cm³/mol. The molecule has 5 aliphatic heterocycles. The van der Waals surface area contributed by atoms with Gasteiger partial charge in [0.25, 0.3) is 5.91 Å². The molecule has 6 atom stereocenters. The molecule has 4 amide bonds. The Hall–Kier alpha value is -3.77. The van der Waals surface area contributed by atoms with Crippen LogP contribution in [0.25, 0.3) is 0 Å². The Morgan fingerprint density at radius 3 is 2.49 bits per heavy atom. The van der Waals surface area contributed by atoms with Crippen molar-refractivity contribution < 1.29 is 23.9 Å². The summed E-state index contributed by atoms with van der Waals surface area (Å²) >= 11 is 0. The molecule has 1 spiro atoms. The molecule has 2 bridgehead atoms. The number of fused-ring (bicyclic) bond motifs is 3. The van der Waals surface area contributed by atoms with Gasteiger partial charge < -0.3 is 30.5 Å². The van der Waals surface area contributed by atoms with E-state index in [-0.39, 0.29) is 48.1 Å². The molecule has 12 nitrogen and oxygen atoms in total. The molecule has 7 aliphatic rings. The Balaban J connectivity index is 1.08. The maximum atomic E-state index is 14.6. The molecule has 274 valence electrons. The Kier molecular flexibility index (Phi) is 8.97. The number of nitrogens with two attached hydrogens (primary N) is 1. The number of piperidine rings is 1. The fraction of sp³-hybridized carbons (Fsp3) is 0.667. The molecule has 1 aromatic heterocycles. The summed E-state index contributed by atoms with van der Waals surface area (Å²) < 4.78 is 8.56. The first-order valence-corrected chi connectivity index (χ1v) is 19.1. The Labute approximate surface area is 300 Å². The lowest BCUT2D eigenvalue weighted by atomic mass is 9.71. The van der Waals surface area contributed by atoms with Crippen LogP contribution in [0, 0.1) is 34.5 Å². The number of ether oxygens (including phenoxy) is 1. The van der Waals surface area contributed by atoms with Gasteiger partial charge in [0.15, 0.2) is 0 Å². The normalized spacial score (nSPS) is 31.5. The van der Waals surface area contributed by atoms with Crippen LogP contribution in [0.4, 0.5) is 0 Å². The smallest absolute Gasteiger partial charge is 0.257 e. The highest BCUT2D eigenvalue weighted by Crippen LogP contribution is 2.63. The van der Waals surface area contributed by atoms with Crippen LogP contribution in [0.15, 0.2) is 42.7 Å². The molecule has 6 heterocycles. The van der Waals surface area contributed by atoms with E-state index >= 15 is 0 Å². The van der Waals surface area contributed by atoms with E-state index in [2.05, 4.69) is 24.3 Å². The average molecular weight is 700 g/mol. The molecule has 12 heteroatoms. The van der Waals surface area contributed by atoms with Gasteiger partial charge in [-0.15, -0.1) is 0 Å². The highest BCUT2D eigenvalue weighted by atomic mass is 16.5. The molecule has 1 aromatic carbocycles. The minimum absolute atomic E-state index is 0.0631. The first kappa shape index (κ1) is 34.3. The maximum absolute atomic E-state index is 14.6. The molecule has 3 N–H and O–H groups in total. The van der Waals surface area contributed by atoms with E-state index in [1.54, 1.807) is 26.9 Å². The van der Waals surface area contributed by atoms with Crippen molar-refractivity contribution >= 4 is 23.6 Å². The number of aromatic nitrogens is 2. The molecular formula is C39H53N7O5. The Morgan fingerprint density at radius 2 is 1.75 bits per heavy atom. The summed E-state index contributed by atoms with van der Waals surface area (Å²) in [6.07, 6.45) is 10.1. The minimum atomic E-state index is -0.947. The van der Waals surface area contributed by atoms with E-state index in [0.717, 1.165) is 31.2 Å². The van der Waals surface area contributed by atoms with Crippen LogP contribution in [-0.2, 0) is 25.7 Å². The van der Waals surface area contributed by atoms with Crippen molar-refractivity contribution in [1.82, 2.24) is 29.8 Å². The number of amides is 4. The third kappa shape index (κ3) is 6.36. The number of carbonyl (C=O) groups excluding carboxylic acids is 4. The topological polar surface area (TPSA) is 143 Å².